The molecule has 27 heavy (non-hydrogen) atoms. The Bertz CT molecular complexity index is 1070. The molecule has 0 bridgehead atoms. The highest BCUT2D eigenvalue weighted by atomic mass is 79.9. The van der Waals surface area contributed by atoms with E-state index in [2.05, 4.69) is 95.1 Å². The van der Waals surface area contributed by atoms with Crippen molar-refractivity contribution >= 4 is 26.8 Å². The van der Waals surface area contributed by atoms with E-state index in [0.29, 0.717) is 0 Å². The van der Waals surface area contributed by atoms with Crippen LogP contribution >= 0.6 is 15.9 Å². The Kier molecular flexibility index (Phi) is 5.13. The lowest BCUT2D eigenvalue weighted by atomic mass is 9.94. The molecule has 2 heterocycles. The largest absolute Gasteiger partial charge is 0.342 e. The summed E-state index contributed by atoms with van der Waals surface area (Å²) in [4.78, 5) is 4.86. The van der Waals surface area contributed by atoms with Gasteiger partial charge in [-0.1, -0.05) is 60.1 Å². The number of hydrogen-bond acceptors (Lipinski definition) is 1. The summed E-state index contributed by atoms with van der Waals surface area (Å²) in [6.45, 7) is 5.27. The Morgan fingerprint density at radius 1 is 0.926 bits per heavy atom. The fourth-order valence-corrected chi connectivity index (χ4v) is 4.21. The molecule has 2 nitrogen and oxygen atoms in total. The van der Waals surface area contributed by atoms with Gasteiger partial charge in [-0.05, 0) is 53.8 Å². The van der Waals surface area contributed by atoms with Crippen LogP contribution in [0.2, 0.25) is 0 Å². The summed E-state index contributed by atoms with van der Waals surface area (Å²) in [5, 5.41) is 1.24. The van der Waals surface area contributed by atoms with Crippen LogP contribution in [0.5, 0.6) is 0 Å². The maximum absolute atomic E-state index is 4.86. The summed E-state index contributed by atoms with van der Waals surface area (Å²) >= 11 is 3.56. The van der Waals surface area contributed by atoms with Crippen molar-refractivity contribution in [3.8, 4) is 11.3 Å². The van der Waals surface area contributed by atoms with Gasteiger partial charge in [-0.3, -0.25) is 4.98 Å². The van der Waals surface area contributed by atoms with Crippen LogP contribution in [-0.2, 0) is 19.4 Å². The molecule has 0 radical (unpaired) electrons. The zero-order chi connectivity index (χ0) is 18.8. The normalized spacial score (nSPS) is 11.2. The molecule has 3 heteroatoms. The van der Waals surface area contributed by atoms with Crippen molar-refractivity contribution in [3.05, 3.63) is 88.2 Å². The number of aromatic nitrogens is 2. The minimum atomic E-state index is 0.843. The maximum Gasteiger partial charge on any atom is 0.0715 e. The standard InChI is InChI=1S/C24H23BrN2/c1-3-18-8-6-9-19(4-2)24(18)22-14-20-11-12-27(23(20)15-26-22)16-17-7-5-10-21(25)13-17/h5-15H,3-4,16H2,1-2H3. The number of rotatable bonds is 5. The first-order valence-electron chi connectivity index (χ1n) is 9.50. The molecular formula is C24H23BrN2. The van der Waals surface area contributed by atoms with Crippen LogP contribution in [0.4, 0.5) is 0 Å². The smallest absolute Gasteiger partial charge is 0.0715 e. The van der Waals surface area contributed by atoms with Crippen LogP contribution in [-0.4, -0.2) is 9.55 Å². The lowest BCUT2D eigenvalue weighted by Gasteiger charge is -2.13. The molecule has 0 fully saturated rings. The van der Waals surface area contributed by atoms with E-state index >= 15 is 0 Å². The zero-order valence-electron chi connectivity index (χ0n) is 15.7. The highest BCUT2D eigenvalue weighted by Gasteiger charge is 2.12. The van der Waals surface area contributed by atoms with Gasteiger partial charge in [0.2, 0.25) is 0 Å². The van der Waals surface area contributed by atoms with Gasteiger partial charge in [0.25, 0.3) is 0 Å². The molecule has 0 aliphatic carbocycles. The molecule has 0 N–H and O–H groups in total. The van der Waals surface area contributed by atoms with Crippen LogP contribution in [0.15, 0.2) is 71.5 Å². The topological polar surface area (TPSA) is 17.8 Å². The number of nitrogens with zero attached hydrogens (tertiary/aromatic N) is 2. The predicted octanol–water partition coefficient (Wildman–Crippen LogP) is 6.64. The van der Waals surface area contributed by atoms with Gasteiger partial charge >= 0.3 is 0 Å². The van der Waals surface area contributed by atoms with Gasteiger partial charge < -0.3 is 4.57 Å². The molecule has 136 valence electrons. The van der Waals surface area contributed by atoms with E-state index in [-0.39, 0.29) is 0 Å². The molecule has 2 aromatic heterocycles. The monoisotopic (exact) mass is 418 g/mol. The average molecular weight is 419 g/mol. The summed E-state index contributed by atoms with van der Waals surface area (Å²) < 4.78 is 3.38. The average Bonchev–Trinajstić information content (AvgIpc) is 3.09. The molecular weight excluding hydrogens is 396 g/mol. The summed E-state index contributed by atoms with van der Waals surface area (Å²) in [5.74, 6) is 0. The van der Waals surface area contributed by atoms with Crippen LogP contribution in [0.3, 0.4) is 0 Å². The fraction of sp³-hybridized carbons (Fsp3) is 0.208. The van der Waals surface area contributed by atoms with Gasteiger partial charge in [-0.2, -0.15) is 0 Å². The molecule has 0 aliphatic heterocycles. The summed E-state index contributed by atoms with van der Waals surface area (Å²) in [5.41, 5.74) is 7.58. The van der Waals surface area contributed by atoms with Gasteiger partial charge in [0.15, 0.2) is 0 Å². The van der Waals surface area contributed by atoms with E-state index in [0.717, 1.165) is 29.6 Å². The summed E-state index contributed by atoms with van der Waals surface area (Å²) in [6.07, 6.45) is 6.22. The van der Waals surface area contributed by atoms with Gasteiger partial charge in [-0.25, -0.2) is 0 Å². The fourth-order valence-electron chi connectivity index (χ4n) is 3.77. The van der Waals surface area contributed by atoms with Crippen molar-refractivity contribution in [2.45, 2.75) is 33.2 Å². The Labute approximate surface area is 169 Å². The molecule has 0 spiro atoms. The van der Waals surface area contributed by atoms with Gasteiger partial charge in [0, 0.05) is 28.2 Å². The molecule has 2 aromatic carbocycles. The van der Waals surface area contributed by atoms with E-state index in [1.54, 1.807) is 0 Å². The van der Waals surface area contributed by atoms with Crippen LogP contribution in [0, 0.1) is 0 Å². The second kappa shape index (κ2) is 7.69. The highest BCUT2D eigenvalue weighted by Crippen LogP contribution is 2.30. The van der Waals surface area contributed by atoms with Crippen LogP contribution in [0.1, 0.15) is 30.5 Å². The Hall–Kier alpha value is -2.39. The van der Waals surface area contributed by atoms with Gasteiger partial charge in [0.05, 0.1) is 17.4 Å². The molecule has 4 rings (SSSR count). The van der Waals surface area contributed by atoms with Gasteiger partial charge in [0.1, 0.15) is 0 Å². The molecule has 0 atom stereocenters. The zero-order valence-corrected chi connectivity index (χ0v) is 17.3. The lowest BCUT2D eigenvalue weighted by Crippen LogP contribution is -1.99. The van der Waals surface area contributed by atoms with Crippen molar-refractivity contribution in [2.75, 3.05) is 0 Å². The predicted molar refractivity (Wildman–Crippen MR) is 117 cm³/mol. The second-order valence-corrected chi connectivity index (χ2v) is 7.78. The molecule has 0 unspecified atom stereocenters. The van der Waals surface area contributed by atoms with E-state index in [9.17, 15) is 0 Å². The summed E-state index contributed by atoms with van der Waals surface area (Å²) in [7, 11) is 0. The minimum absolute atomic E-state index is 0.843. The number of hydrogen-bond donors (Lipinski definition) is 0. The van der Waals surface area contributed by atoms with E-state index in [1.165, 1.54) is 33.2 Å². The second-order valence-electron chi connectivity index (χ2n) is 6.86. The quantitative estimate of drug-likeness (QED) is 0.355. The Balaban J connectivity index is 1.75. The van der Waals surface area contributed by atoms with Gasteiger partial charge in [-0.15, -0.1) is 0 Å². The first-order valence-corrected chi connectivity index (χ1v) is 10.3. The molecule has 0 amide bonds. The number of fused-ring (bicyclic) bond motifs is 1. The Morgan fingerprint density at radius 2 is 1.67 bits per heavy atom. The van der Waals surface area contributed by atoms with E-state index in [4.69, 9.17) is 4.98 Å². The van der Waals surface area contributed by atoms with Crippen molar-refractivity contribution in [1.29, 1.82) is 0 Å². The minimum Gasteiger partial charge on any atom is -0.342 e. The third kappa shape index (κ3) is 3.57. The molecule has 0 saturated heterocycles. The SMILES string of the molecule is CCc1cccc(CC)c1-c1cc2ccn(Cc3cccc(Br)c3)c2cn1. The number of halogens is 1. The van der Waals surface area contributed by atoms with Crippen LogP contribution in [0.25, 0.3) is 22.2 Å². The highest BCUT2D eigenvalue weighted by molar-refractivity contribution is 9.10. The first kappa shape index (κ1) is 18.0. The maximum atomic E-state index is 4.86. The van der Waals surface area contributed by atoms with Crippen molar-refractivity contribution < 1.29 is 0 Å². The molecule has 0 aliphatic rings. The van der Waals surface area contributed by atoms with Crippen molar-refractivity contribution in [2.24, 2.45) is 0 Å². The summed E-state index contributed by atoms with van der Waals surface area (Å²) in [6, 6.07) is 19.5. The van der Waals surface area contributed by atoms with E-state index in [1.807, 2.05) is 6.20 Å². The number of pyridine rings is 1. The number of aryl methyl sites for hydroxylation is 2. The Morgan fingerprint density at radius 3 is 2.37 bits per heavy atom. The lowest BCUT2D eigenvalue weighted by molar-refractivity contribution is 0.834. The molecule has 4 aromatic rings. The van der Waals surface area contributed by atoms with Crippen molar-refractivity contribution in [3.63, 3.8) is 0 Å². The number of benzene rings is 2. The molecule has 0 saturated carbocycles. The first-order chi connectivity index (χ1) is 13.2. The van der Waals surface area contributed by atoms with E-state index < -0.39 is 0 Å². The van der Waals surface area contributed by atoms with Crippen molar-refractivity contribution in [1.82, 2.24) is 9.55 Å². The third-order valence-corrected chi connectivity index (χ3v) is 5.65. The van der Waals surface area contributed by atoms with Crippen LogP contribution < -0.4 is 0 Å². The third-order valence-electron chi connectivity index (χ3n) is 5.15.